The van der Waals surface area contributed by atoms with Gasteiger partial charge in [-0.3, -0.25) is 9.69 Å². The SMILES string of the molecule is COc1ccc(C2CC(c3ccccc3)=NN2C(=O)CN2CCCN(c3nc(C)cs3)CC2)cc1. The molecule has 2 aromatic carbocycles. The van der Waals surface area contributed by atoms with Gasteiger partial charge in [-0.1, -0.05) is 42.5 Å². The van der Waals surface area contributed by atoms with Crippen molar-refractivity contribution >= 4 is 28.1 Å². The van der Waals surface area contributed by atoms with Crippen molar-refractivity contribution in [1.29, 1.82) is 0 Å². The molecule has 1 saturated heterocycles. The molecule has 3 heterocycles. The van der Waals surface area contributed by atoms with Crippen LogP contribution in [0.4, 0.5) is 5.13 Å². The van der Waals surface area contributed by atoms with E-state index in [0.717, 1.165) is 66.0 Å². The lowest BCUT2D eigenvalue weighted by atomic mass is 9.98. The zero-order valence-electron chi connectivity index (χ0n) is 20.3. The molecular formula is C27H31N5O2S. The third kappa shape index (κ3) is 5.39. The van der Waals surface area contributed by atoms with Crippen LogP contribution in [0.1, 0.15) is 35.7 Å². The van der Waals surface area contributed by atoms with Crippen LogP contribution in [0.3, 0.4) is 0 Å². The van der Waals surface area contributed by atoms with Crippen molar-refractivity contribution in [1.82, 2.24) is 14.9 Å². The van der Waals surface area contributed by atoms with Gasteiger partial charge in [-0.15, -0.1) is 11.3 Å². The van der Waals surface area contributed by atoms with E-state index in [9.17, 15) is 4.79 Å². The van der Waals surface area contributed by atoms with Crippen LogP contribution in [-0.2, 0) is 4.79 Å². The number of hydrogen-bond donors (Lipinski definition) is 0. The molecule has 0 spiro atoms. The highest BCUT2D eigenvalue weighted by atomic mass is 32.1. The fraction of sp³-hybridized carbons (Fsp3) is 0.370. The molecule has 1 aromatic heterocycles. The molecule has 7 nitrogen and oxygen atoms in total. The number of carbonyl (C=O) groups is 1. The highest BCUT2D eigenvalue weighted by Gasteiger charge is 2.34. The lowest BCUT2D eigenvalue weighted by Gasteiger charge is -2.26. The zero-order chi connectivity index (χ0) is 24.2. The minimum absolute atomic E-state index is 0.0373. The van der Waals surface area contributed by atoms with Crippen molar-refractivity contribution in [2.24, 2.45) is 5.10 Å². The smallest absolute Gasteiger partial charge is 0.257 e. The van der Waals surface area contributed by atoms with Crippen molar-refractivity contribution in [2.45, 2.75) is 25.8 Å². The Bertz CT molecular complexity index is 1180. The number of thiazole rings is 1. The van der Waals surface area contributed by atoms with Crippen LogP contribution in [0, 0.1) is 6.92 Å². The molecule has 182 valence electrons. The summed E-state index contributed by atoms with van der Waals surface area (Å²) >= 11 is 1.69. The highest BCUT2D eigenvalue weighted by molar-refractivity contribution is 7.13. The highest BCUT2D eigenvalue weighted by Crippen LogP contribution is 2.34. The predicted molar refractivity (Wildman–Crippen MR) is 140 cm³/mol. The van der Waals surface area contributed by atoms with E-state index in [0.29, 0.717) is 13.0 Å². The molecule has 1 unspecified atom stereocenters. The maximum atomic E-state index is 13.6. The first kappa shape index (κ1) is 23.5. The van der Waals surface area contributed by atoms with Gasteiger partial charge < -0.3 is 9.64 Å². The van der Waals surface area contributed by atoms with Crippen LogP contribution < -0.4 is 9.64 Å². The summed E-state index contributed by atoms with van der Waals surface area (Å²) in [6.45, 7) is 5.96. The zero-order valence-corrected chi connectivity index (χ0v) is 21.1. The summed E-state index contributed by atoms with van der Waals surface area (Å²) in [7, 11) is 1.66. The van der Waals surface area contributed by atoms with Gasteiger partial charge in [0.05, 0.1) is 31.1 Å². The first-order chi connectivity index (χ1) is 17.1. The van der Waals surface area contributed by atoms with Gasteiger partial charge in [-0.05, 0) is 36.6 Å². The second kappa shape index (κ2) is 10.6. The Labute approximate surface area is 210 Å². The number of amides is 1. The quantitative estimate of drug-likeness (QED) is 0.515. The average Bonchev–Trinajstić information content (AvgIpc) is 3.46. The largest absolute Gasteiger partial charge is 0.497 e. The van der Waals surface area contributed by atoms with Crippen LogP contribution in [0.5, 0.6) is 5.75 Å². The van der Waals surface area contributed by atoms with Crippen LogP contribution in [-0.4, -0.2) is 66.3 Å². The van der Waals surface area contributed by atoms with E-state index >= 15 is 0 Å². The summed E-state index contributed by atoms with van der Waals surface area (Å²) in [6.07, 6.45) is 1.70. The maximum absolute atomic E-state index is 13.6. The number of carbonyl (C=O) groups excluding carboxylic acids is 1. The minimum Gasteiger partial charge on any atom is -0.497 e. The molecular weight excluding hydrogens is 458 g/mol. The third-order valence-corrected chi connectivity index (χ3v) is 7.62. The van der Waals surface area contributed by atoms with Gasteiger partial charge in [-0.25, -0.2) is 9.99 Å². The molecule has 0 bridgehead atoms. The van der Waals surface area contributed by atoms with Gasteiger partial charge in [0.15, 0.2) is 5.13 Å². The molecule has 1 fully saturated rings. The van der Waals surface area contributed by atoms with Crippen molar-refractivity contribution < 1.29 is 9.53 Å². The van der Waals surface area contributed by atoms with E-state index in [-0.39, 0.29) is 11.9 Å². The number of hydrazone groups is 1. The number of ether oxygens (including phenoxy) is 1. The van der Waals surface area contributed by atoms with Gasteiger partial charge in [0.2, 0.25) is 0 Å². The molecule has 1 amide bonds. The standard InChI is InChI=1S/C27H31N5O2S/c1-20-19-35-27(28-20)31-14-6-13-30(15-16-31)18-26(33)32-25(22-9-11-23(34-2)12-10-22)17-24(29-32)21-7-4-3-5-8-21/h3-5,7-12,19,25H,6,13-18H2,1-2H3. The fourth-order valence-electron chi connectivity index (χ4n) is 4.70. The number of aryl methyl sites for hydroxylation is 1. The molecule has 35 heavy (non-hydrogen) atoms. The Hall–Kier alpha value is -3.23. The fourth-order valence-corrected chi connectivity index (χ4v) is 5.56. The summed E-state index contributed by atoms with van der Waals surface area (Å²) in [5, 5.41) is 9.71. The first-order valence-corrected chi connectivity index (χ1v) is 13.0. The van der Waals surface area contributed by atoms with Crippen molar-refractivity contribution in [3.8, 4) is 5.75 Å². The number of methoxy groups -OCH3 is 1. The molecule has 1 atom stereocenters. The summed E-state index contributed by atoms with van der Waals surface area (Å²) in [5.74, 6) is 0.841. The number of anilines is 1. The predicted octanol–water partition coefficient (Wildman–Crippen LogP) is 4.35. The van der Waals surface area contributed by atoms with E-state index in [4.69, 9.17) is 9.84 Å². The minimum atomic E-state index is -0.120. The Kier molecular flexibility index (Phi) is 7.11. The molecule has 0 aliphatic carbocycles. The number of benzene rings is 2. The van der Waals surface area contributed by atoms with Gasteiger partial charge >= 0.3 is 0 Å². The number of rotatable bonds is 6. The third-order valence-electron chi connectivity index (χ3n) is 6.60. The van der Waals surface area contributed by atoms with E-state index < -0.39 is 0 Å². The molecule has 8 heteroatoms. The summed E-state index contributed by atoms with van der Waals surface area (Å²) in [6, 6.07) is 18.0. The summed E-state index contributed by atoms with van der Waals surface area (Å²) < 4.78 is 5.33. The van der Waals surface area contributed by atoms with Crippen molar-refractivity contribution in [3.63, 3.8) is 0 Å². The summed E-state index contributed by atoms with van der Waals surface area (Å²) in [4.78, 5) is 22.8. The number of hydrogen-bond acceptors (Lipinski definition) is 7. The van der Waals surface area contributed by atoms with Crippen LogP contribution in [0.25, 0.3) is 0 Å². The monoisotopic (exact) mass is 489 g/mol. The lowest BCUT2D eigenvalue weighted by Crippen LogP contribution is -2.40. The van der Waals surface area contributed by atoms with Crippen LogP contribution in [0.2, 0.25) is 0 Å². The Morgan fingerprint density at radius 3 is 2.57 bits per heavy atom. The van der Waals surface area contributed by atoms with Gasteiger partial charge in [-0.2, -0.15) is 5.10 Å². The molecule has 0 saturated carbocycles. The molecule has 3 aromatic rings. The molecule has 2 aliphatic rings. The van der Waals surface area contributed by atoms with Gasteiger partial charge in [0.25, 0.3) is 5.91 Å². The number of aromatic nitrogens is 1. The molecule has 2 aliphatic heterocycles. The molecule has 0 radical (unpaired) electrons. The maximum Gasteiger partial charge on any atom is 0.257 e. The van der Waals surface area contributed by atoms with Gasteiger partial charge in [0.1, 0.15) is 5.75 Å². The Morgan fingerprint density at radius 2 is 1.86 bits per heavy atom. The van der Waals surface area contributed by atoms with Crippen molar-refractivity contribution in [2.75, 3.05) is 44.7 Å². The molecule has 5 rings (SSSR count). The van der Waals surface area contributed by atoms with E-state index in [1.54, 1.807) is 23.5 Å². The van der Waals surface area contributed by atoms with Crippen molar-refractivity contribution in [3.05, 3.63) is 76.8 Å². The topological polar surface area (TPSA) is 61.3 Å². The van der Waals surface area contributed by atoms with E-state index in [2.05, 4.69) is 32.3 Å². The average molecular weight is 490 g/mol. The van der Waals surface area contributed by atoms with Gasteiger partial charge in [0, 0.05) is 38.0 Å². The van der Waals surface area contributed by atoms with Crippen LogP contribution in [0.15, 0.2) is 65.1 Å². The second-order valence-electron chi connectivity index (χ2n) is 9.03. The normalized spacial score (nSPS) is 18.9. The van der Waals surface area contributed by atoms with E-state index in [1.807, 2.05) is 49.4 Å². The van der Waals surface area contributed by atoms with Crippen LogP contribution >= 0.6 is 11.3 Å². The summed E-state index contributed by atoms with van der Waals surface area (Å²) in [5.41, 5.74) is 4.13. The van der Waals surface area contributed by atoms with E-state index in [1.165, 1.54) is 0 Å². The lowest BCUT2D eigenvalue weighted by molar-refractivity contribution is -0.134. The Balaban J connectivity index is 1.31. The number of nitrogens with zero attached hydrogens (tertiary/aromatic N) is 5. The Morgan fingerprint density at radius 1 is 1.06 bits per heavy atom. The first-order valence-electron chi connectivity index (χ1n) is 12.1. The molecule has 0 N–H and O–H groups in total. The second-order valence-corrected chi connectivity index (χ2v) is 9.87.